The molecule has 1 heterocycles. The highest BCUT2D eigenvalue weighted by molar-refractivity contribution is 5.97. The predicted octanol–water partition coefficient (Wildman–Crippen LogP) is 4.19. The normalized spacial score (nSPS) is 10.8. The zero-order chi connectivity index (χ0) is 22.5. The molecule has 0 saturated carbocycles. The second-order valence-corrected chi connectivity index (χ2v) is 6.86. The Morgan fingerprint density at radius 1 is 1.13 bits per heavy atom. The number of carbonyl (C=O) groups is 2. The molecule has 9 heteroatoms. The number of hydrogen-bond donors (Lipinski definition) is 2. The summed E-state index contributed by atoms with van der Waals surface area (Å²) in [5, 5.41) is 17.7. The van der Waals surface area contributed by atoms with E-state index in [9.17, 15) is 19.7 Å². The molecule has 1 aromatic heterocycles. The number of nitro benzene ring substituents is 1. The summed E-state index contributed by atoms with van der Waals surface area (Å²) in [4.78, 5) is 34.2. The molecule has 0 unspecified atom stereocenters. The third-order valence-electron chi connectivity index (χ3n) is 4.55. The van der Waals surface area contributed by atoms with Gasteiger partial charge in [-0.25, -0.2) is 5.43 Å². The molecule has 9 nitrogen and oxygen atoms in total. The number of nitrogens with zero attached hydrogens (tertiary/aromatic N) is 2. The predicted molar refractivity (Wildman–Crippen MR) is 116 cm³/mol. The zero-order valence-corrected chi connectivity index (χ0v) is 17.1. The summed E-state index contributed by atoms with van der Waals surface area (Å²) < 4.78 is 5.68. The average Bonchev–Trinajstić information content (AvgIpc) is 3.18. The van der Waals surface area contributed by atoms with E-state index < -0.39 is 10.8 Å². The van der Waals surface area contributed by atoms with Gasteiger partial charge in [-0.1, -0.05) is 6.07 Å². The van der Waals surface area contributed by atoms with Crippen molar-refractivity contribution in [1.82, 2.24) is 5.43 Å². The number of hydrogen-bond acceptors (Lipinski definition) is 6. The Kier molecular flexibility index (Phi) is 6.25. The number of rotatable bonds is 6. The summed E-state index contributed by atoms with van der Waals surface area (Å²) in [6.07, 6.45) is 1.33. The van der Waals surface area contributed by atoms with E-state index in [1.807, 2.05) is 6.07 Å². The van der Waals surface area contributed by atoms with Crippen LogP contribution in [0.1, 0.15) is 34.2 Å². The quantitative estimate of drug-likeness (QED) is 0.351. The molecule has 3 aromatic rings. The van der Waals surface area contributed by atoms with Gasteiger partial charge in [-0.3, -0.25) is 19.7 Å². The number of hydrazone groups is 1. The highest BCUT2D eigenvalue weighted by atomic mass is 16.6. The largest absolute Gasteiger partial charge is 0.455 e. The van der Waals surface area contributed by atoms with Crippen molar-refractivity contribution in [2.75, 3.05) is 5.32 Å². The molecule has 0 fully saturated rings. The van der Waals surface area contributed by atoms with E-state index in [4.69, 9.17) is 4.42 Å². The minimum absolute atomic E-state index is 0.0235. The smallest absolute Gasteiger partial charge is 0.273 e. The van der Waals surface area contributed by atoms with Crippen molar-refractivity contribution in [1.29, 1.82) is 0 Å². The Morgan fingerprint density at radius 2 is 1.90 bits per heavy atom. The molecule has 0 radical (unpaired) electrons. The topological polar surface area (TPSA) is 127 Å². The van der Waals surface area contributed by atoms with Crippen LogP contribution in [0.4, 0.5) is 11.4 Å². The lowest BCUT2D eigenvalue weighted by Crippen LogP contribution is -2.18. The Bertz CT molecular complexity index is 1200. The number of furan rings is 1. The zero-order valence-electron chi connectivity index (χ0n) is 17.1. The first-order valence-corrected chi connectivity index (χ1v) is 9.31. The Morgan fingerprint density at radius 3 is 2.61 bits per heavy atom. The number of benzene rings is 2. The minimum atomic E-state index is -0.458. The molecule has 3 rings (SSSR count). The summed E-state index contributed by atoms with van der Waals surface area (Å²) in [5.41, 5.74) is 5.20. The summed E-state index contributed by atoms with van der Waals surface area (Å²) in [6, 6.07) is 13.0. The second kappa shape index (κ2) is 9.04. The fraction of sp³-hybridized carbons (Fsp3) is 0.136. The number of aryl methyl sites for hydroxylation is 1. The van der Waals surface area contributed by atoms with Gasteiger partial charge in [0.2, 0.25) is 5.91 Å². The van der Waals surface area contributed by atoms with Crippen LogP contribution in [0, 0.1) is 24.0 Å². The molecule has 0 spiro atoms. The Labute approximate surface area is 177 Å². The summed E-state index contributed by atoms with van der Waals surface area (Å²) in [7, 11) is 0. The Hall–Kier alpha value is -4.27. The standard InChI is InChI=1S/C22H20N4O5/c1-13-9-17(11-20(14(13)2)26(29)30)21-8-7-19(31-21)12-23-25-22(28)16-5-4-6-18(10-16)24-15(3)27/h4-12H,1-3H3,(H,24,27)(H,25,28)/b23-12-. The summed E-state index contributed by atoms with van der Waals surface area (Å²) in [6.45, 7) is 4.88. The van der Waals surface area contributed by atoms with Gasteiger partial charge in [0.05, 0.1) is 11.1 Å². The Balaban J connectivity index is 1.71. The third kappa shape index (κ3) is 5.21. The van der Waals surface area contributed by atoms with E-state index in [1.165, 1.54) is 25.3 Å². The lowest BCUT2D eigenvalue weighted by molar-refractivity contribution is -0.385. The van der Waals surface area contributed by atoms with Crippen molar-refractivity contribution in [3.63, 3.8) is 0 Å². The molecule has 2 N–H and O–H groups in total. The van der Waals surface area contributed by atoms with E-state index in [2.05, 4.69) is 15.8 Å². The summed E-state index contributed by atoms with van der Waals surface area (Å²) in [5.74, 6) is 0.114. The second-order valence-electron chi connectivity index (χ2n) is 6.86. The molecular weight excluding hydrogens is 400 g/mol. The van der Waals surface area contributed by atoms with E-state index in [-0.39, 0.29) is 11.6 Å². The van der Waals surface area contributed by atoms with Crippen LogP contribution in [0.2, 0.25) is 0 Å². The molecule has 2 amide bonds. The fourth-order valence-corrected chi connectivity index (χ4v) is 2.91. The molecule has 0 aliphatic carbocycles. The monoisotopic (exact) mass is 420 g/mol. The SMILES string of the molecule is CC(=O)Nc1cccc(C(=O)N/N=C\c2ccc(-c3cc(C)c(C)c([N+](=O)[O-])c3)o2)c1. The van der Waals surface area contributed by atoms with Crippen LogP contribution in [-0.2, 0) is 4.79 Å². The minimum Gasteiger partial charge on any atom is -0.455 e. The molecule has 0 atom stereocenters. The molecule has 0 aliphatic rings. The number of amides is 2. The van der Waals surface area contributed by atoms with Crippen LogP contribution < -0.4 is 10.7 Å². The van der Waals surface area contributed by atoms with Crippen LogP contribution in [0.5, 0.6) is 0 Å². The maximum absolute atomic E-state index is 12.2. The van der Waals surface area contributed by atoms with Gasteiger partial charge in [-0.05, 0) is 55.8 Å². The first kappa shape index (κ1) is 21.4. The first-order chi connectivity index (χ1) is 14.7. The van der Waals surface area contributed by atoms with Crippen LogP contribution in [0.25, 0.3) is 11.3 Å². The number of nitrogens with one attached hydrogen (secondary N) is 2. The van der Waals surface area contributed by atoms with E-state index >= 15 is 0 Å². The molecule has 0 bridgehead atoms. The average molecular weight is 420 g/mol. The van der Waals surface area contributed by atoms with Gasteiger partial charge in [0.1, 0.15) is 11.5 Å². The van der Waals surface area contributed by atoms with Gasteiger partial charge >= 0.3 is 0 Å². The highest BCUT2D eigenvalue weighted by Crippen LogP contribution is 2.30. The molecular formula is C22H20N4O5. The van der Waals surface area contributed by atoms with Gasteiger partial charge in [0.25, 0.3) is 11.6 Å². The molecule has 158 valence electrons. The fourth-order valence-electron chi connectivity index (χ4n) is 2.91. The van der Waals surface area contributed by atoms with Gasteiger partial charge in [-0.15, -0.1) is 0 Å². The molecule has 0 aliphatic heterocycles. The van der Waals surface area contributed by atoms with Crippen LogP contribution in [0.15, 0.2) is 58.0 Å². The van der Waals surface area contributed by atoms with Crippen molar-refractivity contribution < 1.29 is 18.9 Å². The molecule has 0 saturated heterocycles. The van der Waals surface area contributed by atoms with Crippen LogP contribution in [-0.4, -0.2) is 23.0 Å². The lowest BCUT2D eigenvalue weighted by atomic mass is 10.0. The van der Waals surface area contributed by atoms with Crippen molar-refractivity contribution in [2.45, 2.75) is 20.8 Å². The van der Waals surface area contributed by atoms with Gasteiger partial charge < -0.3 is 9.73 Å². The summed E-state index contributed by atoms with van der Waals surface area (Å²) >= 11 is 0. The van der Waals surface area contributed by atoms with Crippen molar-refractivity contribution >= 4 is 29.4 Å². The number of anilines is 1. The van der Waals surface area contributed by atoms with Crippen LogP contribution in [0.3, 0.4) is 0 Å². The van der Waals surface area contributed by atoms with Gasteiger partial charge in [-0.2, -0.15) is 5.10 Å². The first-order valence-electron chi connectivity index (χ1n) is 9.31. The molecule has 2 aromatic carbocycles. The van der Waals surface area contributed by atoms with Crippen molar-refractivity contribution in [3.8, 4) is 11.3 Å². The maximum atomic E-state index is 12.2. The van der Waals surface area contributed by atoms with Gasteiger partial charge in [0.15, 0.2) is 0 Å². The number of carbonyl (C=O) groups excluding carboxylic acids is 2. The number of nitro groups is 1. The van der Waals surface area contributed by atoms with Crippen molar-refractivity contribution in [2.24, 2.45) is 5.10 Å². The van der Waals surface area contributed by atoms with Crippen molar-refractivity contribution in [3.05, 3.63) is 81.1 Å². The third-order valence-corrected chi connectivity index (χ3v) is 4.55. The van der Waals surface area contributed by atoms with E-state index in [1.54, 1.807) is 44.2 Å². The molecule has 31 heavy (non-hydrogen) atoms. The van der Waals surface area contributed by atoms with E-state index in [0.29, 0.717) is 33.9 Å². The lowest BCUT2D eigenvalue weighted by Gasteiger charge is -2.05. The highest BCUT2D eigenvalue weighted by Gasteiger charge is 2.16. The van der Waals surface area contributed by atoms with Gasteiger partial charge in [0, 0.05) is 35.4 Å². The maximum Gasteiger partial charge on any atom is 0.273 e. The van der Waals surface area contributed by atoms with E-state index in [0.717, 1.165) is 5.56 Å². The van der Waals surface area contributed by atoms with Crippen LogP contribution >= 0.6 is 0 Å².